The lowest BCUT2D eigenvalue weighted by atomic mass is 9.84. The third-order valence-electron chi connectivity index (χ3n) is 2.53. The van der Waals surface area contributed by atoms with Gasteiger partial charge in [0.05, 0.1) is 11.5 Å². The van der Waals surface area contributed by atoms with Gasteiger partial charge in [0.2, 0.25) is 0 Å². The van der Waals surface area contributed by atoms with E-state index in [9.17, 15) is 9.59 Å². The van der Waals surface area contributed by atoms with Gasteiger partial charge < -0.3 is 14.2 Å². The largest absolute Gasteiger partial charge is 0.454 e. The van der Waals surface area contributed by atoms with Crippen LogP contribution in [-0.4, -0.2) is 23.3 Å². The molecule has 0 bridgehead atoms. The number of allylic oxidation sites excluding steroid dienone is 1. The molecule has 1 heterocycles. The molecule has 1 aliphatic heterocycles. The van der Waals surface area contributed by atoms with Crippen molar-refractivity contribution in [2.24, 2.45) is 5.41 Å². The Hall–Kier alpha value is -1.52. The van der Waals surface area contributed by atoms with E-state index in [0.717, 1.165) is 0 Å². The molecule has 0 fully saturated rings. The zero-order valence-electron chi connectivity index (χ0n) is 12.6. The predicted octanol–water partition coefficient (Wildman–Crippen LogP) is 2.55. The molecule has 0 saturated carbocycles. The van der Waals surface area contributed by atoms with Crippen LogP contribution >= 0.6 is 0 Å². The summed E-state index contributed by atoms with van der Waals surface area (Å²) in [6.07, 6.45) is 1.20. The van der Waals surface area contributed by atoms with E-state index in [1.165, 1.54) is 6.08 Å². The van der Waals surface area contributed by atoms with Crippen molar-refractivity contribution >= 4 is 11.9 Å². The second kappa shape index (κ2) is 4.54. The molecular formula is C14H22O5. The summed E-state index contributed by atoms with van der Waals surface area (Å²) >= 11 is 0. The average molecular weight is 270 g/mol. The molecule has 108 valence electrons. The minimum absolute atomic E-state index is 0.331. The molecule has 5 heteroatoms. The fourth-order valence-electron chi connectivity index (χ4n) is 1.66. The van der Waals surface area contributed by atoms with E-state index in [2.05, 4.69) is 0 Å². The Morgan fingerprint density at radius 3 is 2.05 bits per heavy atom. The van der Waals surface area contributed by atoms with E-state index in [1.54, 1.807) is 48.5 Å². The molecule has 0 saturated heterocycles. The molecule has 0 spiro atoms. The summed E-state index contributed by atoms with van der Waals surface area (Å²) in [5.41, 5.74) is -1.46. The third-order valence-corrected chi connectivity index (χ3v) is 2.53. The van der Waals surface area contributed by atoms with Crippen LogP contribution in [0.3, 0.4) is 0 Å². The van der Waals surface area contributed by atoms with Gasteiger partial charge in [-0.2, -0.15) is 0 Å². The van der Waals surface area contributed by atoms with Gasteiger partial charge in [-0.05, 0) is 27.7 Å². The lowest BCUT2D eigenvalue weighted by Gasteiger charge is -2.43. The van der Waals surface area contributed by atoms with Crippen LogP contribution in [0.1, 0.15) is 48.5 Å². The van der Waals surface area contributed by atoms with Gasteiger partial charge in [0.1, 0.15) is 11.4 Å². The summed E-state index contributed by atoms with van der Waals surface area (Å²) in [6.45, 7) is 12.1. The predicted molar refractivity (Wildman–Crippen MR) is 69.0 cm³/mol. The lowest BCUT2D eigenvalue weighted by molar-refractivity contribution is -0.272. The van der Waals surface area contributed by atoms with Crippen LogP contribution in [-0.2, 0) is 23.8 Å². The first-order valence-corrected chi connectivity index (χ1v) is 6.21. The Morgan fingerprint density at radius 1 is 1.16 bits per heavy atom. The standard InChI is InChI=1S/C14H22O5/c1-9-8-10(15)18-14(17-9,12(2,3)4)11(16)19-13(5,6)7/h8H,1-7H3. The Morgan fingerprint density at radius 2 is 1.68 bits per heavy atom. The number of cyclic esters (lactones) is 1. The fraction of sp³-hybridized carbons (Fsp3) is 0.714. The summed E-state index contributed by atoms with van der Waals surface area (Å²) in [5.74, 6) is -2.73. The third kappa shape index (κ3) is 3.28. The monoisotopic (exact) mass is 270 g/mol. The van der Waals surface area contributed by atoms with Gasteiger partial charge in [0.15, 0.2) is 0 Å². The molecule has 0 aliphatic carbocycles. The van der Waals surface area contributed by atoms with E-state index >= 15 is 0 Å². The van der Waals surface area contributed by atoms with Crippen LogP contribution in [0.4, 0.5) is 0 Å². The number of carbonyl (C=O) groups excluding carboxylic acids is 2. The maximum atomic E-state index is 12.4. The lowest BCUT2D eigenvalue weighted by Crippen LogP contribution is -2.58. The van der Waals surface area contributed by atoms with Crippen molar-refractivity contribution in [3.05, 3.63) is 11.8 Å². The molecule has 1 unspecified atom stereocenters. The smallest absolute Gasteiger partial charge is 0.394 e. The second-order valence-electron chi connectivity index (χ2n) is 6.65. The van der Waals surface area contributed by atoms with Crippen LogP contribution in [0.15, 0.2) is 11.8 Å². The van der Waals surface area contributed by atoms with Gasteiger partial charge >= 0.3 is 17.7 Å². The highest BCUT2D eigenvalue weighted by Gasteiger charge is 2.59. The van der Waals surface area contributed by atoms with E-state index in [-0.39, 0.29) is 0 Å². The molecule has 0 N–H and O–H groups in total. The number of hydrogen-bond acceptors (Lipinski definition) is 5. The molecule has 0 radical (unpaired) electrons. The number of carbonyl (C=O) groups is 2. The van der Waals surface area contributed by atoms with E-state index < -0.39 is 28.7 Å². The summed E-state index contributed by atoms with van der Waals surface area (Å²) in [7, 11) is 0. The van der Waals surface area contributed by atoms with E-state index in [1.807, 2.05) is 0 Å². The van der Waals surface area contributed by atoms with E-state index in [4.69, 9.17) is 14.2 Å². The highest BCUT2D eigenvalue weighted by molar-refractivity contribution is 5.89. The Kier molecular flexibility index (Phi) is 3.72. The Labute approximate surface area is 113 Å². The van der Waals surface area contributed by atoms with Gasteiger partial charge in [0, 0.05) is 0 Å². The van der Waals surface area contributed by atoms with Crippen LogP contribution in [0.25, 0.3) is 0 Å². The number of esters is 2. The first-order valence-electron chi connectivity index (χ1n) is 6.21. The molecule has 0 amide bonds. The topological polar surface area (TPSA) is 61.8 Å². The van der Waals surface area contributed by atoms with Crippen molar-refractivity contribution < 1.29 is 23.8 Å². The molecule has 1 atom stereocenters. The van der Waals surface area contributed by atoms with Crippen molar-refractivity contribution in [2.45, 2.75) is 59.9 Å². The van der Waals surface area contributed by atoms with Gasteiger partial charge in [0.25, 0.3) is 0 Å². The SMILES string of the molecule is CC1=CC(=O)OC(C(=O)OC(C)(C)C)(C(C)(C)C)O1. The van der Waals surface area contributed by atoms with E-state index in [0.29, 0.717) is 5.76 Å². The molecule has 0 aromatic heterocycles. The van der Waals surface area contributed by atoms with Crippen LogP contribution in [0.5, 0.6) is 0 Å². The van der Waals surface area contributed by atoms with Crippen molar-refractivity contribution in [3.8, 4) is 0 Å². The van der Waals surface area contributed by atoms with Gasteiger partial charge in [-0.25, -0.2) is 9.59 Å². The van der Waals surface area contributed by atoms with Crippen molar-refractivity contribution in [2.75, 3.05) is 0 Å². The Balaban J connectivity index is 3.20. The van der Waals surface area contributed by atoms with Crippen LogP contribution in [0, 0.1) is 5.41 Å². The normalized spacial score (nSPS) is 24.2. The van der Waals surface area contributed by atoms with Crippen molar-refractivity contribution in [1.82, 2.24) is 0 Å². The van der Waals surface area contributed by atoms with Crippen LogP contribution < -0.4 is 0 Å². The molecule has 1 aliphatic rings. The van der Waals surface area contributed by atoms with Gasteiger partial charge in [-0.1, -0.05) is 20.8 Å². The van der Waals surface area contributed by atoms with Crippen LogP contribution in [0.2, 0.25) is 0 Å². The minimum atomic E-state index is -1.75. The molecule has 1 rings (SSSR count). The second-order valence-corrected chi connectivity index (χ2v) is 6.65. The molecule has 0 aromatic carbocycles. The molecule has 19 heavy (non-hydrogen) atoms. The highest BCUT2D eigenvalue weighted by Crippen LogP contribution is 2.40. The summed E-state index contributed by atoms with van der Waals surface area (Å²) in [4.78, 5) is 24.0. The average Bonchev–Trinajstić information content (AvgIpc) is 2.10. The van der Waals surface area contributed by atoms with Gasteiger partial charge in [-0.3, -0.25) is 0 Å². The molecule has 0 aromatic rings. The van der Waals surface area contributed by atoms with Crippen molar-refractivity contribution in [3.63, 3.8) is 0 Å². The van der Waals surface area contributed by atoms with Crippen molar-refractivity contribution in [1.29, 1.82) is 0 Å². The summed E-state index contributed by atoms with van der Waals surface area (Å²) in [5, 5.41) is 0. The number of hydrogen-bond donors (Lipinski definition) is 0. The quantitative estimate of drug-likeness (QED) is 0.685. The zero-order valence-corrected chi connectivity index (χ0v) is 12.6. The highest BCUT2D eigenvalue weighted by atomic mass is 16.8. The number of ether oxygens (including phenoxy) is 3. The number of rotatable bonds is 1. The Bertz CT molecular complexity index is 422. The first kappa shape index (κ1) is 15.5. The minimum Gasteiger partial charge on any atom is -0.454 e. The van der Waals surface area contributed by atoms with Gasteiger partial charge in [-0.15, -0.1) is 0 Å². The molecule has 5 nitrogen and oxygen atoms in total. The fourth-order valence-corrected chi connectivity index (χ4v) is 1.66. The summed E-state index contributed by atoms with van der Waals surface area (Å²) in [6, 6.07) is 0. The maximum Gasteiger partial charge on any atom is 0.394 e. The summed E-state index contributed by atoms with van der Waals surface area (Å²) < 4.78 is 16.1. The first-order chi connectivity index (χ1) is 8.37. The molecular weight excluding hydrogens is 248 g/mol. The zero-order chi connectivity index (χ0) is 15.1. The maximum absolute atomic E-state index is 12.4.